The van der Waals surface area contributed by atoms with Crippen LogP contribution in [0, 0.1) is 5.92 Å². The lowest BCUT2D eigenvalue weighted by molar-refractivity contribution is -0.134. The van der Waals surface area contributed by atoms with Gasteiger partial charge in [-0.15, -0.1) is 5.10 Å². The predicted octanol–water partition coefficient (Wildman–Crippen LogP) is -0.0824. The maximum atomic E-state index is 12.6. The number of hydrogen-bond acceptors (Lipinski definition) is 7. The van der Waals surface area contributed by atoms with Crippen LogP contribution in [0.15, 0.2) is 0 Å². The molecule has 1 aromatic heterocycles. The third-order valence-corrected chi connectivity index (χ3v) is 6.19. The Morgan fingerprint density at radius 3 is 2.40 bits per heavy atom. The van der Waals surface area contributed by atoms with E-state index in [1.165, 1.54) is 12.8 Å². The number of carbonyl (C=O) groups is 2. The van der Waals surface area contributed by atoms with Crippen molar-refractivity contribution < 1.29 is 9.59 Å². The normalized spacial score (nSPS) is 19.2. The van der Waals surface area contributed by atoms with Crippen LogP contribution >= 0.6 is 0 Å². The Hall–Kier alpha value is -2.07. The average Bonchev–Trinajstić information content (AvgIpc) is 3.17. The number of rotatable bonds is 8. The van der Waals surface area contributed by atoms with Crippen molar-refractivity contribution in [3.05, 3.63) is 5.82 Å². The van der Waals surface area contributed by atoms with Crippen LogP contribution in [0.25, 0.3) is 0 Å². The van der Waals surface area contributed by atoms with Gasteiger partial charge >= 0.3 is 0 Å². The Bertz CT molecular complexity index is 691. The summed E-state index contributed by atoms with van der Waals surface area (Å²) < 4.78 is 1.84. The molecule has 2 fully saturated rings. The number of hydrogen-bond donors (Lipinski definition) is 0. The number of nitrogens with zero attached hydrogens (tertiary/aromatic N) is 8. The van der Waals surface area contributed by atoms with Crippen molar-refractivity contribution in [1.82, 2.24) is 39.8 Å². The number of tetrazole rings is 1. The van der Waals surface area contributed by atoms with Crippen LogP contribution < -0.4 is 0 Å². The van der Waals surface area contributed by atoms with Gasteiger partial charge in [0.1, 0.15) is 0 Å². The highest BCUT2D eigenvalue weighted by Gasteiger charge is 2.23. The Labute approximate surface area is 179 Å². The first kappa shape index (κ1) is 22.6. The minimum absolute atomic E-state index is 0.103. The number of piperazine rings is 1. The molecule has 168 valence electrons. The second kappa shape index (κ2) is 10.8. The van der Waals surface area contributed by atoms with Gasteiger partial charge in [-0.05, 0) is 48.7 Å². The summed E-state index contributed by atoms with van der Waals surface area (Å²) in [5.41, 5.74) is 0. The topological polar surface area (TPSA) is 90.7 Å². The van der Waals surface area contributed by atoms with E-state index in [0.717, 1.165) is 50.9 Å². The molecule has 0 N–H and O–H groups in total. The molecule has 30 heavy (non-hydrogen) atoms. The van der Waals surface area contributed by atoms with Crippen molar-refractivity contribution >= 4 is 11.8 Å². The molecule has 1 aromatic rings. The van der Waals surface area contributed by atoms with Crippen LogP contribution in [0.1, 0.15) is 38.4 Å². The molecule has 2 saturated heterocycles. The number of aromatic nitrogens is 4. The summed E-state index contributed by atoms with van der Waals surface area (Å²) in [5.74, 6) is 1.97. The lowest BCUT2D eigenvalue weighted by atomic mass is 9.99. The molecular formula is C20H36N8O2. The van der Waals surface area contributed by atoms with Crippen LogP contribution in [0.5, 0.6) is 0 Å². The van der Waals surface area contributed by atoms with Crippen molar-refractivity contribution in [2.24, 2.45) is 5.92 Å². The zero-order valence-electron chi connectivity index (χ0n) is 18.7. The maximum Gasteiger partial charge on any atom is 0.236 e. The maximum absolute atomic E-state index is 12.6. The number of likely N-dealkylation sites (N-methyl/N-ethyl adjacent to an activating group) is 1. The molecule has 3 heterocycles. The molecule has 0 aromatic carbocycles. The Morgan fingerprint density at radius 1 is 1.03 bits per heavy atom. The van der Waals surface area contributed by atoms with Crippen molar-refractivity contribution in [2.75, 3.05) is 59.9 Å². The molecule has 0 aliphatic carbocycles. The van der Waals surface area contributed by atoms with E-state index in [4.69, 9.17) is 0 Å². The molecule has 0 saturated carbocycles. The first-order valence-electron chi connectivity index (χ1n) is 11.1. The van der Waals surface area contributed by atoms with Gasteiger partial charge in [0.2, 0.25) is 11.8 Å². The summed E-state index contributed by atoms with van der Waals surface area (Å²) in [5, 5.41) is 12.1. The van der Waals surface area contributed by atoms with Gasteiger partial charge in [0.05, 0.1) is 13.1 Å². The van der Waals surface area contributed by atoms with Gasteiger partial charge in [-0.3, -0.25) is 19.4 Å². The predicted molar refractivity (Wildman–Crippen MR) is 112 cm³/mol. The van der Waals surface area contributed by atoms with Gasteiger partial charge in [0, 0.05) is 53.2 Å². The summed E-state index contributed by atoms with van der Waals surface area (Å²) in [4.78, 5) is 32.4. The van der Waals surface area contributed by atoms with Crippen LogP contribution in [0.4, 0.5) is 0 Å². The standard InChI is InChI=1S/C20H36N8O2/c1-17-6-9-25(10-7-17)15-18-21-22-23-28(18)8-4-5-19(29)27-13-11-26(12-14-27)16-20(30)24(2)3/h17H,4-16H2,1-3H3. The van der Waals surface area contributed by atoms with Crippen molar-refractivity contribution in [3.63, 3.8) is 0 Å². The summed E-state index contributed by atoms with van der Waals surface area (Å²) in [7, 11) is 3.54. The van der Waals surface area contributed by atoms with E-state index in [0.29, 0.717) is 32.6 Å². The minimum atomic E-state index is 0.103. The monoisotopic (exact) mass is 420 g/mol. The van der Waals surface area contributed by atoms with Gasteiger partial charge < -0.3 is 9.80 Å². The zero-order valence-corrected chi connectivity index (χ0v) is 18.7. The van der Waals surface area contributed by atoms with Crippen LogP contribution in [-0.4, -0.2) is 112 Å². The van der Waals surface area contributed by atoms with Crippen LogP contribution in [0.3, 0.4) is 0 Å². The molecule has 0 bridgehead atoms. The lowest BCUT2D eigenvalue weighted by Gasteiger charge is -2.34. The van der Waals surface area contributed by atoms with Crippen molar-refractivity contribution in [2.45, 2.75) is 45.7 Å². The van der Waals surface area contributed by atoms with Gasteiger partial charge in [0.15, 0.2) is 5.82 Å². The molecule has 2 amide bonds. The summed E-state index contributed by atoms with van der Waals surface area (Å²) in [6.45, 7) is 9.22. The molecular weight excluding hydrogens is 384 g/mol. The zero-order chi connectivity index (χ0) is 21.5. The van der Waals surface area contributed by atoms with E-state index in [2.05, 4.69) is 32.2 Å². The summed E-state index contributed by atoms with van der Waals surface area (Å²) in [6, 6.07) is 0. The third-order valence-electron chi connectivity index (χ3n) is 6.19. The fraction of sp³-hybridized carbons (Fsp3) is 0.850. The minimum Gasteiger partial charge on any atom is -0.348 e. The molecule has 0 unspecified atom stereocenters. The Balaban J connectivity index is 1.36. The summed E-state index contributed by atoms with van der Waals surface area (Å²) >= 11 is 0. The smallest absolute Gasteiger partial charge is 0.236 e. The fourth-order valence-corrected chi connectivity index (χ4v) is 3.96. The van der Waals surface area contributed by atoms with E-state index in [1.807, 2.05) is 9.58 Å². The number of likely N-dealkylation sites (tertiary alicyclic amines) is 1. The quantitative estimate of drug-likeness (QED) is 0.581. The van der Waals surface area contributed by atoms with Gasteiger partial charge in [-0.2, -0.15) is 0 Å². The van der Waals surface area contributed by atoms with Gasteiger partial charge in [0.25, 0.3) is 0 Å². The molecule has 3 rings (SSSR count). The number of piperidine rings is 1. The number of carbonyl (C=O) groups excluding carboxylic acids is 2. The van der Waals surface area contributed by atoms with Gasteiger partial charge in [-0.25, -0.2) is 4.68 Å². The van der Waals surface area contributed by atoms with E-state index in [9.17, 15) is 9.59 Å². The van der Waals surface area contributed by atoms with E-state index in [-0.39, 0.29) is 11.8 Å². The fourth-order valence-electron chi connectivity index (χ4n) is 3.96. The van der Waals surface area contributed by atoms with E-state index >= 15 is 0 Å². The highest BCUT2D eigenvalue weighted by molar-refractivity contribution is 5.78. The van der Waals surface area contributed by atoms with Gasteiger partial charge in [-0.1, -0.05) is 6.92 Å². The van der Waals surface area contributed by atoms with Crippen LogP contribution in [-0.2, 0) is 22.7 Å². The molecule has 0 spiro atoms. The molecule has 10 nitrogen and oxygen atoms in total. The number of aryl methyl sites for hydroxylation is 1. The molecule has 0 atom stereocenters. The highest BCUT2D eigenvalue weighted by atomic mass is 16.2. The van der Waals surface area contributed by atoms with E-state index < -0.39 is 0 Å². The summed E-state index contributed by atoms with van der Waals surface area (Å²) in [6.07, 6.45) is 3.68. The Kier molecular flexibility index (Phi) is 8.15. The third kappa shape index (κ3) is 6.46. The molecule has 0 radical (unpaired) electrons. The highest BCUT2D eigenvalue weighted by Crippen LogP contribution is 2.17. The average molecular weight is 421 g/mol. The van der Waals surface area contributed by atoms with Crippen molar-refractivity contribution in [1.29, 1.82) is 0 Å². The van der Waals surface area contributed by atoms with Crippen molar-refractivity contribution in [3.8, 4) is 0 Å². The second-order valence-electron chi connectivity index (χ2n) is 8.83. The molecule has 2 aliphatic heterocycles. The van der Waals surface area contributed by atoms with Crippen LogP contribution in [0.2, 0.25) is 0 Å². The Morgan fingerprint density at radius 2 is 1.73 bits per heavy atom. The molecule has 10 heteroatoms. The largest absolute Gasteiger partial charge is 0.348 e. The first-order chi connectivity index (χ1) is 14.4. The molecule has 2 aliphatic rings. The second-order valence-corrected chi connectivity index (χ2v) is 8.83. The van der Waals surface area contributed by atoms with E-state index in [1.54, 1.807) is 19.0 Å². The lowest BCUT2D eigenvalue weighted by Crippen LogP contribution is -2.51. The first-order valence-corrected chi connectivity index (χ1v) is 11.1. The number of amides is 2. The SMILES string of the molecule is CC1CCN(Cc2nnnn2CCCC(=O)N2CCN(CC(=O)N(C)C)CC2)CC1.